The van der Waals surface area contributed by atoms with E-state index in [2.05, 4.69) is 0 Å². The monoisotopic (exact) mass is 235 g/mol. The molecule has 0 unspecified atom stereocenters. The summed E-state index contributed by atoms with van der Waals surface area (Å²) in [6.45, 7) is 4.09. The Kier molecular flexibility index (Phi) is 4.51. The fourth-order valence-corrected chi connectivity index (χ4v) is 1.25. The normalized spacial score (nSPS) is 9.76. The van der Waals surface area contributed by atoms with Crippen LogP contribution in [0.1, 0.15) is 25.8 Å². The third-order valence-corrected chi connectivity index (χ3v) is 1.99. The second-order valence-corrected chi connectivity index (χ2v) is 3.59. The van der Waals surface area contributed by atoms with Crippen LogP contribution in [0, 0.1) is 10.8 Å². The summed E-state index contributed by atoms with van der Waals surface area (Å²) in [6.07, 6.45) is 0.910. The molecule has 1 aromatic rings. The number of benzene rings is 1. The summed E-state index contributed by atoms with van der Waals surface area (Å²) in [4.78, 5) is 0. The Labute approximate surface area is 101 Å². The molecule has 0 saturated heterocycles. The van der Waals surface area contributed by atoms with E-state index in [1.807, 2.05) is 6.92 Å². The van der Waals surface area contributed by atoms with Gasteiger partial charge in [-0.25, -0.2) is 0 Å². The molecule has 0 aliphatic rings. The van der Waals surface area contributed by atoms with E-state index in [0.717, 1.165) is 6.42 Å². The van der Waals surface area contributed by atoms with Crippen molar-refractivity contribution in [2.24, 2.45) is 0 Å². The fraction of sp³-hybridized carbons (Fsp3) is 0.333. The van der Waals surface area contributed by atoms with Crippen molar-refractivity contribution in [2.75, 3.05) is 12.3 Å². The second kappa shape index (κ2) is 5.89. The molecule has 0 aromatic heterocycles. The maximum Gasteiger partial charge on any atom is 0.220 e. The van der Waals surface area contributed by atoms with Gasteiger partial charge in [0, 0.05) is 12.5 Å². The number of anilines is 1. The summed E-state index contributed by atoms with van der Waals surface area (Å²) in [5, 5.41) is 14.7. The molecule has 0 heterocycles. The summed E-state index contributed by atoms with van der Waals surface area (Å²) in [7, 11) is 0. The highest BCUT2D eigenvalue weighted by Gasteiger charge is 2.07. The number of nitrogen functional groups attached to an aromatic ring is 1. The Balaban J connectivity index is 2.81. The van der Waals surface area contributed by atoms with Crippen LogP contribution in [0.5, 0.6) is 5.75 Å². The van der Waals surface area contributed by atoms with Gasteiger partial charge in [-0.2, -0.15) is 0 Å². The fourth-order valence-electron chi connectivity index (χ4n) is 1.25. The minimum absolute atomic E-state index is 0.0279. The zero-order chi connectivity index (χ0) is 12.8. The third kappa shape index (κ3) is 3.79. The highest BCUT2D eigenvalue weighted by Crippen LogP contribution is 2.23. The molecular formula is C12H17N3O2. The van der Waals surface area contributed by atoms with Gasteiger partial charge < -0.3 is 15.2 Å². The molecule has 5 heteroatoms. The zero-order valence-electron chi connectivity index (χ0n) is 10.0. The number of nitrogens with two attached hydrogens (primary N) is 1. The molecule has 1 aromatic carbocycles. The molecule has 4 N–H and O–H groups in total. The zero-order valence-corrected chi connectivity index (χ0v) is 10.0. The molecule has 0 spiro atoms. The summed E-state index contributed by atoms with van der Waals surface area (Å²) >= 11 is 0. The lowest BCUT2D eigenvalue weighted by molar-refractivity contribution is 0.319. The number of hydrogen-bond acceptors (Lipinski definition) is 5. The van der Waals surface area contributed by atoms with Gasteiger partial charge >= 0.3 is 0 Å². The number of nitrogens with one attached hydrogen (secondary N) is 2. The average molecular weight is 235 g/mol. The van der Waals surface area contributed by atoms with Crippen molar-refractivity contribution in [1.82, 2.24) is 0 Å². The van der Waals surface area contributed by atoms with Crippen molar-refractivity contribution in [1.29, 1.82) is 10.8 Å². The smallest absolute Gasteiger partial charge is 0.220 e. The first-order valence-electron chi connectivity index (χ1n) is 5.38. The third-order valence-electron chi connectivity index (χ3n) is 1.99. The molecule has 0 atom stereocenters. The van der Waals surface area contributed by atoms with Gasteiger partial charge in [0.2, 0.25) is 5.90 Å². The summed E-state index contributed by atoms with van der Waals surface area (Å²) in [6, 6.07) is 5.00. The van der Waals surface area contributed by atoms with E-state index < -0.39 is 0 Å². The van der Waals surface area contributed by atoms with Crippen LogP contribution in [0.25, 0.3) is 0 Å². The first-order valence-corrected chi connectivity index (χ1v) is 5.38. The van der Waals surface area contributed by atoms with Crippen LogP contribution in [0.15, 0.2) is 18.2 Å². The second-order valence-electron chi connectivity index (χ2n) is 3.59. The number of rotatable bonds is 4. The molecule has 0 fully saturated rings. The van der Waals surface area contributed by atoms with Gasteiger partial charge in [-0.15, -0.1) is 0 Å². The Bertz CT molecular complexity index is 430. The largest absolute Gasteiger partial charge is 0.491 e. The SMILES string of the molecule is CCCOc1ccc(C(=N)OC(C)=N)cc1N. The van der Waals surface area contributed by atoms with Gasteiger partial charge in [0.25, 0.3) is 0 Å². The Hall–Kier alpha value is -2.04. The standard InChI is InChI=1S/C12H17N3O2/c1-3-6-16-11-5-4-9(7-10(11)14)12(15)17-8(2)13/h4-5,7,13,15H,3,6,14H2,1-2H3. The van der Waals surface area contributed by atoms with Gasteiger partial charge in [0.05, 0.1) is 12.3 Å². The Morgan fingerprint density at radius 1 is 1.35 bits per heavy atom. The van der Waals surface area contributed by atoms with E-state index >= 15 is 0 Å². The maximum atomic E-state index is 7.61. The molecular weight excluding hydrogens is 218 g/mol. The van der Waals surface area contributed by atoms with E-state index in [0.29, 0.717) is 23.6 Å². The lowest BCUT2D eigenvalue weighted by Crippen LogP contribution is -2.09. The predicted molar refractivity (Wildman–Crippen MR) is 68.0 cm³/mol. The van der Waals surface area contributed by atoms with E-state index in [4.69, 9.17) is 26.0 Å². The van der Waals surface area contributed by atoms with Gasteiger partial charge in [0.15, 0.2) is 5.90 Å². The van der Waals surface area contributed by atoms with Crippen LogP contribution >= 0.6 is 0 Å². The molecule has 0 radical (unpaired) electrons. The molecule has 17 heavy (non-hydrogen) atoms. The van der Waals surface area contributed by atoms with Crippen LogP contribution < -0.4 is 10.5 Å². The predicted octanol–water partition coefficient (Wildman–Crippen LogP) is 2.40. The Morgan fingerprint density at radius 3 is 2.59 bits per heavy atom. The van der Waals surface area contributed by atoms with Crippen LogP contribution in [-0.4, -0.2) is 18.4 Å². The number of hydrogen-bond donors (Lipinski definition) is 3. The first kappa shape index (κ1) is 13.0. The highest BCUT2D eigenvalue weighted by molar-refractivity contribution is 5.99. The van der Waals surface area contributed by atoms with Crippen LogP contribution in [0.4, 0.5) is 5.69 Å². The van der Waals surface area contributed by atoms with Crippen LogP contribution in [-0.2, 0) is 4.74 Å². The molecule has 0 saturated carbocycles. The quantitative estimate of drug-likeness (QED) is 0.425. The molecule has 1 rings (SSSR count). The van der Waals surface area contributed by atoms with E-state index in [1.54, 1.807) is 18.2 Å². The van der Waals surface area contributed by atoms with Gasteiger partial charge in [0.1, 0.15) is 5.75 Å². The first-order chi connectivity index (χ1) is 8.04. The van der Waals surface area contributed by atoms with Gasteiger partial charge in [-0.3, -0.25) is 10.8 Å². The van der Waals surface area contributed by atoms with Crippen molar-refractivity contribution in [2.45, 2.75) is 20.3 Å². The molecule has 5 nitrogen and oxygen atoms in total. The lowest BCUT2D eigenvalue weighted by Gasteiger charge is -2.10. The summed E-state index contributed by atoms with van der Waals surface area (Å²) in [5.41, 5.74) is 6.79. The minimum atomic E-state index is -0.0914. The van der Waals surface area contributed by atoms with Gasteiger partial charge in [-0.1, -0.05) is 6.92 Å². The summed E-state index contributed by atoms with van der Waals surface area (Å²) < 4.78 is 10.3. The van der Waals surface area contributed by atoms with Gasteiger partial charge in [-0.05, 0) is 24.6 Å². The minimum Gasteiger partial charge on any atom is -0.491 e. The van der Waals surface area contributed by atoms with Crippen molar-refractivity contribution in [3.8, 4) is 5.75 Å². The molecule has 0 aliphatic heterocycles. The number of ether oxygens (including phenoxy) is 2. The Morgan fingerprint density at radius 2 is 2.06 bits per heavy atom. The van der Waals surface area contributed by atoms with E-state index in [9.17, 15) is 0 Å². The molecule has 0 amide bonds. The maximum absolute atomic E-state index is 7.61. The summed E-state index contributed by atoms with van der Waals surface area (Å²) in [5.74, 6) is 0.487. The van der Waals surface area contributed by atoms with Crippen molar-refractivity contribution < 1.29 is 9.47 Å². The van der Waals surface area contributed by atoms with Crippen LogP contribution in [0.3, 0.4) is 0 Å². The topological polar surface area (TPSA) is 92.2 Å². The van der Waals surface area contributed by atoms with Crippen LogP contribution in [0.2, 0.25) is 0 Å². The average Bonchev–Trinajstić information content (AvgIpc) is 2.26. The lowest BCUT2D eigenvalue weighted by atomic mass is 10.2. The molecule has 92 valence electrons. The molecule has 0 bridgehead atoms. The van der Waals surface area contributed by atoms with Crippen molar-refractivity contribution in [3.63, 3.8) is 0 Å². The molecule has 0 aliphatic carbocycles. The highest BCUT2D eigenvalue weighted by atomic mass is 16.5. The van der Waals surface area contributed by atoms with Crippen molar-refractivity contribution >= 4 is 17.5 Å². The van der Waals surface area contributed by atoms with E-state index in [-0.39, 0.29) is 11.8 Å². The van der Waals surface area contributed by atoms with E-state index in [1.165, 1.54) is 6.92 Å². The van der Waals surface area contributed by atoms with Crippen molar-refractivity contribution in [3.05, 3.63) is 23.8 Å².